The number of para-hydroxylation sites is 1. The van der Waals surface area contributed by atoms with E-state index in [1.54, 1.807) is 60.7 Å². The summed E-state index contributed by atoms with van der Waals surface area (Å²) < 4.78 is 12.4. The van der Waals surface area contributed by atoms with Crippen LogP contribution in [0.2, 0.25) is 0 Å². The zero-order chi connectivity index (χ0) is 37.1. The molecule has 53 heavy (non-hydrogen) atoms. The fraction of sp³-hybridized carbons (Fsp3) is 0.349. The van der Waals surface area contributed by atoms with Crippen molar-refractivity contribution in [2.24, 2.45) is 5.41 Å². The highest BCUT2D eigenvalue weighted by Gasteiger charge is 2.43. The van der Waals surface area contributed by atoms with Crippen molar-refractivity contribution >= 4 is 16.9 Å². The topological polar surface area (TPSA) is 153 Å². The molecule has 2 heterocycles. The van der Waals surface area contributed by atoms with Crippen molar-refractivity contribution in [2.45, 2.75) is 50.2 Å². The Bertz CT molecular complexity index is 1950. The third kappa shape index (κ3) is 9.15. The number of carbonyl (C=O) groups is 1. The minimum Gasteiger partial charge on any atom is -0.506 e. The van der Waals surface area contributed by atoms with Crippen molar-refractivity contribution in [3.63, 3.8) is 0 Å². The maximum atomic E-state index is 13.9. The van der Waals surface area contributed by atoms with E-state index in [-0.39, 0.29) is 23.3 Å². The Morgan fingerprint density at radius 1 is 0.849 bits per heavy atom. The lowest BCUT2D eigenvalue weighted by atomic mass is 9.74. The van der Waals surface area contributed by atoms with Crippen LogP contribution in [0, 0.1) is 5.41 Å². The number of esters is 1. The zero-order valence-electron chi connectivity index (χ0n) is 29.9. The van der Waals surface area contributed by atoms with Gasteiger partial charge < -0.3 is 40.4 Å². The van der Waals surface area contributed by atoms with E-state index >= 15 is 0 Å². The van der Waals surface area contributed by atoms with Crippen LogP contribution in [-0.2, 0) is 21.6 Å². The van der Waals surface area contributed by atoms with E-state index in [1.165, 1.54) is 12.1 Å². The second-order valence-corrected chi connectivity index (χ2v) is 14.0. The molecule has 4 aromatic carbocycles. The van der Waals surface area contributed by atoms with Crippen molar-refractivity contribution in [2.75, 3.05) is 39.4 Å². The summed E-state index contributed by atoms with van der Waals surface area (Å²) >= 11 is 0. The van der Waals surface area contributed by atoms with Gasteiger partial charge in [0, 0.05) is 23.4 Å². The molecule has 10 heteroatoms. The van der Waals surface area contributed by atoms with Gasteiger partial charge >= 0.3 is 5.97 Å². The van der Waals surface area contributed by atoms with E-state index in [2.05, 4.69) is 21.7 Å². The van der Waals surface area contributed by atoms with Gasteiger partial charge in [-0.15, -0.1) is 0 Å². The summed E-state index contributed by atoms with van der Waals surface area (Å²) in [6.07, 6.45) is 4.20. The first-order valence-electron chi connectivity index (χ1n) is 18.4. The van der Waals surface area contributed by atoms with Crippen LogP contribution in [0.15, 0.2) is 114 Å². The van der Waals surface area contributed by atoms with Crippen molar-refractivity contribution in [1.29, 1.82) is 0 Å². The van der Waals surface area contributed by atoms with Crippen LogP contribution in [0.25, 0.3) is 10.9 Å². The molecule has 1 aliphatic rings. The normalized spacial score (nSPS) is 14.8. The number of ether oxygens (including phenoxy) is 2. The van der Waals surface area contributed by atoms with Gasteiger partial charge in [0.1, 0.15) is 11.5 Å². The van der Waals surface area contributed by atoms with E-state index in [0.717, 1.165) is 63.1 Å². The first-order valence-corrected chi connectivity index (χ1v) is 18.4. The van der Waals surface area contributed by atoms with Crippen LogP contribution >= 0.6 is 0 Å². The molecule has 1 atom stereocenters. The number of hydrogen-bond donors (Lipinski definition) is 6. The summed E-state index contributed by atoms with van der Waals surface area (Å²) in [5.41, 5.74) is 0.376. The first-order chi connectivity index (χ1) is 25.8. The fourth-order valence-electron chi connectivity index (χ4n) is 7.22. The average molecular weight is 720 g/mol. The van der Waals surface area contributed by atoms with Gasteiger partial charge in [-0.25, -0.2) is 4.79 Å². The second-order valence-electron chi connectivity index (χ2n) is 14.0. The molecule has 0 radical (unpaired) electrons. The number of aromatic hydroxyl groups is 1. The molecule has 1 aromatic heterocycles. The van der Waals surface area contributed by atoms with E-state index in [1.807, 2.05) is 30.3 Å². The minimum absolute atomic E-state index is 0.0324. The van der Waals surface area contributed by atoms with Crippen LogP contribution < -0.4 is 20.9 Å². The number of H-pyrrole nitrogens is 1. The zero-order valence-corrected chi connectivity index (χ0v) is 29.9. The van der Waals surface area contributed by atoms with Gasteiger partial charge in [0.15, 0.2) is 0 Å². The number of aliphatic hydroxyl groups excluding tert-OH is 1. The average Bonchev–Trinajstić information content (AvgIpc) is 3.19. The molecule has 1 saturated heterocycles. The Kier molecular flexibility index (Phi) is 12.6. The van der Waals surface area contributed by atoms with Crippen LogP contribution in [0.4, 0.5) is 0 Å². The van der Waals surface area contributed by atoms with Crippen LogP contribution in [0.1, 0.15) is 60.5 Å². The number of aliphatic hydroxyl groups is 2. The maximum absolute atomic E-state index is 13.9. The highest BCUT2D eigenvalue weighted by molar-refractivity contribution is 5.87. The van der Waals surface area contributed by atoms with Gasteiger partial charge in [-0.1, -0.05) is 84.9 Å². The van der Waals surface area contributed by atoms with Crippen molar-refractivity contribution < 1.29 is 29.6 Å². The Hall–Kier alpha value is -5.00. The lowest BCUT2D eigenvalue weighted by Gasteiger charge is -2.38. The summed E-state index contributed by atoms with van der Waals surface area (Å²) in [6, 6.07) is 32.1. The molecule has 0 spiro atoms. The quantitative estimate of drug-likeness (QED) is 0.0541. The first kappa shape index (κ1) is 37.7. The smallest absolute Gasteiger partial charge is 0.347 e. The van der Waals surface area contributed by atoms with Gasteiger partial charge in [0.25, 0.3) is 0 Å². The summed E-state index contributed by atoms with van der Waals surface area (Å²) in [7, 11) is 0. The molecule has 278 valence electrons. The molecule has 1 fully saturated rings. The van der Waals surface area contributed by atoms with Gasteiger partial charge in [0.2, 0.25) is 11.2 Å². The number of phenolic OH excluding ortho intramolecular Hbond substituents is 1. The molecule has 0 bridgehead atoms. The van der Waals surface area contributed by atoms with Gasteiger partial charge in [0.05, 0.1) is 24.8 Å². The maximum Gasteiger partial charge on any atom is 0.347 e. The number of piperidine rings is 1. The lowest BCUT2D eigenvalue weighted by molar-refractivity contribution is -0.166. The summed E-state index contributed by atoms with van der Waals surface area (Å²) in [5, 5.41) is 40.2. The summed E-state index contributed by atoms with van der Waals surface area (Å²) in [4.78, 5) is 28.2. The number of pyridine rings is 1. The molecular formula is C43H49N3O7. The number of fused-ring (bicyclic) bond motifs is 1. The number of nitrogens with one attached hydrogen (secondary N) is 3. The number of phenols is 1. The van der Waals surface area contributed by atoms with Crippen LogP contribution in [0.3, 0.4) is 0 Å². The number of hydrogen-bond acceptors (Lipinski definition) is 9. The van der Waals surface area contributed by atoms with Crippen LogP contribution in [-0.4, -0.2) is 65.7 Å². The minimum atomic E-state index is -1.93. The van der Waals surface area contributed by atoms with Crippen molar-refractivity contribution in [1.82, 2.24) is 15.6 Å². The number of carbonyl (C=O) groups excluding carboxylic acids is 1. The Morgan fingerprint density at radius 2 is 1.53 bits per heavy atom. The predicted molar refractivity (Wildman–Crippen MR) is 205 cm³/mol. The number of benzene rings is 4. The molecule has 5 aromatic rings. The van der Waals surface area contributed by atoms with Gasteiger partial charge in [-0.3, -0.25) is 4.79 Å². The number of unbranched alkanes of at least 4 members (excludes halogenated alkanes) is 2. The Balaban J connectivity index is 1.00. The highest BCUT2D eigenvalue weighted by atomic mass is 16.6. The second kappa shape index (κ2) is 17.7. The van der Waals surface area contributed by atoms with E-state index in [0.29, 0.717) is 47.2 Å². The summed E-state index contributed by atoms with van der Waals surface area (Å²) in [5.74, 6) is 0.105. The van der Waals surface area contributed by atoms with Gasteiger partial charge in [-0.05, 0) is 98.6 Å². The number of rotatable bonds is 17. The number of aromatic nitrogens is 1. The summed E-state index contributed by atoms with van der Waals surface area (Å²) in [6.45, 7) is 3.40. The Morgan fingerprint density at radius 3 is 2.25 bits per heavy atom. The van der Waals surface area contributed by atoms with Gasteiger partial charge in [-0.2, -0.15) is 0 Å². The molecular weight excluding hydrogens is 670 g/mol. The molecule has 10 nitrogen and oxygen atoms in total. The third-order valence-corrected chi connectivity index (χ3v) is 10.2. The van der Waals surface area contributed by atoms with Crippen molar-refractivity contribution in [3.8, 4) is 11.5 Å². The lowest BCUT2D eigenvalue weighted by Crippen LogP contribution is -2.45. The highest BCUT2D eigenvalue weighted by Crippen LogP contribution is 2.38. The molecule has 1 aliphatic heterocycles. The molecule has 6 N–H and O–H groups in total. The SMILES string of the molecule is O=C(OCC1(Cc2ccccc2OCCCCCNC[C@H](O)c2ccc(O)c3[nH]c(=O)ccc23)CCNCC1)C(O)(c1ccccc1)c1ccccc1. The van der Waals surface area contributed by atoms with Crippen molar-refractivity contribution in [3.05, 3.63) is 142 Å². The van der Waals surface area contributed by atoms with E-state index in [9.17, 15) is 24.9 Å². The fourth-order valence-corrected chi connectivity index (χ4v) is 7.22. The van der Waals surface area contributed by atoms with E-state index in [4.69, 9.17) is 9.47 Å². The molecule has 0 aliphatic carbocycles. The predicted octanol–water partition coefficient (Wildman–Crippen LogP) is 5.50. The molecule has 0 saturated carbocycles. The Labute approximate surface area is 309 Å². The van der Waals surface area contributed by atoms with E-state index < -0.39 is 17.7 Å². The standard InChI is InChI=1S/C43H49N3O7/c47-36-20-18-34(35-19-21-39(49)46-40(35)36)37(48)29-45-24-10-3-11-27-52-38-17-9-8-12-31(38)28-42(22-25-44-26-23-42)30-53-41(50)43(51,32-13-4-1-5-14-32)33-15-6-2-7-16-33/h1-2,4-9,12-21,37,44-45,47-48,51H,3,10-11,22-30H2,(H,46,49)/t37-/m0/s1. The molecule has 6 rings (SSSR count). The van der Waals surface area contributed by atoms with Crippen LogP contribution in [0.5, 0.6) is 11.5 Å². The number of aromatic amines is 1. The molecule has 0 unspecified atom stereocenters. The molecule has 0 amide bonds. The third-order valence-electron chi connectivity index (χ3n) is 10.2. The monoisotopic (exact) mass is 719 g/mol. The largest absolute Gasteiger partial charge is 0.506 e.